The van der Waals surface area contributed by atoms with Crippen LogP contribution < -0.4 is 0 Å². The molecule has 0 unspecified atom stereocenters. The normalized spacial score (nSPS) is 21.7. The predicted octanol–water partition coefficient (Wildman–Crippen LogP) is 2.15. The van der Waals surface area contributed by atoms with Crippen molar-refractivity contribution in [3.8, 4) is 0 Å². The van der Waals surface area contributed by atoms with Crippen molar-refractivity contribution in [3.05, 3.63) is 11.6 Å². The van der Waals surface area contributed by atoms with Gasteiger partial charge in [-0.25, -0.2) is 0 Å². The van der Waals surface area contributed by atoms with Crippen molar-refractivity contribution in [2.75, 3.05) is 6.54 Å². The molecule has 16 heavy (non-hydrogen) atoms. The molecule has 1 fully saturated rings. The van der Waals surface area contributed by atoms with Crippen molar-refractivity contribution >= 4 is 5.71 Å². The number of fused-ring (bicyclic) bond motifs is 1. The van der Waals surface area contributed by atoms with Crippen LogP contribution in [0.5, 0.6) is 0 Å². The summed E-state index contributed by atoms with van der Waals surface area (Å²) in [4.78, 5) is 4.42. The highest BCUT2D eigenvalue weighted by molar-refractivity contribution is 5.95. The van der Waals surface area contributed by atoms with E-state index in [1.807, 2.05) is 6.92 Å². The molecule has 0 N–H and O–H groups in total. The second-order valence-corrected chi connectivity index (χ2v) is 4.84. The Balaban J connectivity index is 1.93. The molecule has 0 bridgehead atoms. The molecule has 0 amide bonds. The molecular weight excluding hydrogens is 200 g/mol. The van der Waals surface area contributed by atoms with Gasteiger partial charge in [-0.3, -0.25) is 4.99 Å². The number of hydrogen-bond acceptors (Lipinski definition) is 3. The second-order valence-electron chi connectivity index (χ2n) is 4.84. The Labute approximate surface area is 95.8 Å². The highest BCUT2D eigenvalue weighted by Crippen LogP contribution is 2.32. The number of rotatable bonds is 1. The molecule has 3 rings (SSSR count). The summed E-state index contributed by atoms with van der Waals surface area (Å²) in [6.45, 7) is 3.88. The van der Waals surface area contributed by atoms with E-state index >= 15 is 0 Å². The molecule has 0 spiro atoms. The molecule has 2 aliphatic rings. The van der Waals surface area contributed by atoms with E-state index in [0.717, 1.165) is 24.6 Å². The molecule has 0 atom stereocenters. The minimum absolute atomic E-state index is 0.640. The van der Waals surface area contributed by atoms with Crippen LogP contribution in [0.25, 0.3) is 0 Å². The summed E-state index contributed by atoms with van der Waals surface area (Å²) in [6.07, 6.45) is 6.65. The zero-order chi connectivity index (χ0) is 11.0. The van der Waals surface area contributed by atoms with E-state index in [1.54, 1.807) is 0 Å². The quantitative estimate of drug-likeness (QED) is 0.725. The van der Waals surface area contributed by atoms with Gasteiger partial charge >= 0.3 is 0 Å². The largest absolute Gasteiger partial charge is 0.308 e. The van der Waals surface area contributed by atoms with Crippen LogP contribution >= 0.6 is 0 Å². The van der Waals surface area contributed by atoms with Crippen molar-refractivity contribution in [2.45, 2.75) is 51.5 Å². The van der Waals surface area contributed by atoms with Gasteiger partial charge in [-0.2, -0.15) is 0 Å². The third kappa shape index (κ3) is 1.56. The first-order valence-electron chi connectivity index (χ1n) is 6.31. The second kappa shape index (κ2) is 4.00. The van der Waals surface area contributed by atoms with Gasteiger partial charge in [0.15, 0.2) is 5.82 Å². The first kappa shape index (κ1) is 10.00. The van der Waals surface area contributed by atoms with Gasteiger partial charge in [-0.05, 0) is 19.8 Å². The van der Waals surface area contributed by atoms with E-state index in [4.69, 9.17) is 0 Å². The highest BCUT2D eigenvalue weighted by Gasteiger charge is 2.24. The fourth-order valence-corrected chi connectivity index (χ4v) is 2.85. The fourth-order valence-electron chi connectivity index (χ4n) is 2.85. The molecule has 0 saturated heterocycles. The summed E-state index contributed by atoms with van der Waals surface area (Å²) in [5, 5.41) is 8.70. The van der Waals surface area contributed by atoms with E-state index in [-0.39, 0.29) is 0 Å². The lowest BCUT2D eigenvalue weighted by molar-refractivity contribution is 0.414. The monoisotopic (exact) mass is 218 g/mol. The van der Waals surface area contributed by atoms with Gasteiger partial charge in [0.25, 0.3) is 0 Å². The van der Waals surface area contributed by atoms with Crippen LogP contribution in [0.4, 0.5) is 0 Å². The van der Waals surface area contributed by atoms with Gasteiger partial charge in [0.1, 0.15) is 5.82 Å². The Morgan fingerprint density at radius 2 is 1.94 bits per heavy atom. The SMILES string of the molecule is CC1=NCCn2c1nnc2C1CCCCC1. The Morgan fingerprint density at radius 3 is 2.75 bits per heavy atom. The maximum absolute atomic E-state index is 4.42. The predicted molar refractivity (Wildman–Crippen MR) is 62.9 cm³/mol. The van der Waals surface area contributed by atoms with E-state index in [1.165, 1.54) is 37.9 Å². The summed E-state index contributed by atoms with van der Waals surface area (Å²) >= 11 is 0. The highest BCUT2D eigenvalue weighted by atomic mass is 15.3. The number of aromatic nitrogens is 3. The molecule has 1 aliphatic heterocycles. The molecule has 1 aliphatic carbocycles. The van der Waals surface area contributed by atoms with Gasteiger partial charge < -0.3 is 4.57 Å². The van der Waals surface area contributed by atoms with Gasteiger partial charge in [-0.1, -0.05) is 19.3 Å². The van der Waals surface area contributed by atoms with E-state index in [9.17, 15) is 0 Å². The van der Waals surface area contributed by atoms with Crippen LogP contribution in [-0.2, 0) is 6.54 Å². The molecule has 1 saturated carbocycles. The molecule has 1 aromatic heterocycles. The lowest BCUT2D eigenvalue weighted by Crippen LogP contribution is -2.20. The van der Waals surface area contributed by atoms with E-state index in [0.29, 0.717) is 5.92 Å². The van der Waals surface area contributed by atoms with Crippen molar-refractivity contribution in [2.24, 2.45) is 4.99 Å². The molecule has 4 heteroatoms. The lowest BCUT2D eigenvalue weighted by atomic mass is 9.88. The Morgan fingerprint density at radius 1 is 1.12 bits per heavy atom. The smallest absolute Gasteiger partial charge is 0.177 e. The Hall–Kier alpha value is -1.19. The van der Waals surface area contributed by atoms with Crippen molar-refractivity contribution < 1.29 is 0 Å². The molecule has 0 radical (unpaired) electrons. The van der Waals surface area contributed by atoms with Gasteiger partial charge in [0.2, 0.25) is 0 Å². The van der Waals surface area contributed by atoms with Crippen molar-refractivity contribution in [3.63, 3.8) is 0 Å². The van der Waals surface area contributed by atoms with E-state index in [2.05, 4.69) is 19.8 Å². The summed E-state index contributed by atoms with van der Waals surface area (Å²) in [6, 6.07) is 0. The number of nitrogens with zero attached hydrogens (tertiary/aromatic N) is 4. The Bertz CT molecular complexity index is 413. The summed E-state index contributed by atoms with van der Waals surface area (Å²) < 4.78 is 2.29. The van der Waals surface area contributed by atoms with Crippen LogP contribution in [0.1, 0.15) is 56.6 Å². The van der Waals surface area contributed by atoms with Crippen LogP contribution in [0.3, 0.4) is 0 Å². The number of hydrogen-bond donors (Lipinski definition) is 0. The van der Waals surface area contributed by atoms with Gasteiger partial charge in [-0.15, -0.1) is 10.2 Å². The molecule has 0 aromatic carbocycles. The van der Waals surface area contributed by atoms with Crippen LogP contribution in [-0.4, -0.2) is 27.0 Å². The average Bonchev–Trinajstić information content (AvgIpc) is 2.75. The molecular formula is C12H18N4. The molecule has 4 nitrogen and oxygen atoms in total. The van der Waals surface area contributed by atoms with Crippen molar-refractivity contribution in [1.29, 1.82) is 0 Å². The maximum atomic E-state index is 4.42. The summed E-state index contributed by atoms with van der Waals surface area (Å²) in [7, 11) is 0. The molecule has 1 aromatic rings. The third-order valence-corrected chi connectivity index (χ3v) is 3.75. The molecule has 2 heterocycles. The Kier molecular flexibility index (Phi) is 2.50. The molecule has 86 valence electrons. The minimum Gasteiger partial charge on any atom is -0.308 e. The van der Waals surface area contributed by atoms with Crippen LogP contribution in [0, 0.1) is 0 Å². The van der Waals surface area contributed by atoms with Crippen molar-refractivity contribution in [1.82, 2.24) is 14.8 Å². The van der Waals surface area contributed by atoms with E-state index < -0.39 is 0 Å². The maximum Gasteiger partial charge on any atom is 0.177 e. The third-order valence-electron chi connectivity index (χ3n) is 3.75. The number of aliphatic imine (C=N–C) groups is 1. The van der Waals surface area contributed by atoms with Gasteiger partial charge in [0.05, 0.1) is 12.3 Å². The van der Waals surface area contributed by atoms with Gasteiger partial charge in [0, 0.05) is 12.5 Å². The zero-order valence-corrected chi connectivity index (χ0v) is 9.82. The lowest BCUT2D eigenvalue weighted by Gasteiger charge is -2.22. The zero-order valence-electron chi connectivity index (χ0n) is 9.82. The standard InChI is InChI=1S/C12H18N4/c1-9-11-14-15-12(16(11)8-7-13-9)10-5-3-2-4-6-10/h10H,2-8H2,1H3. The summed E-state index contributed by atoms with van der Waals surface area (Å²) in [5.74, 6) is 2.84. The first-order chi connectivity index (χ1) is 7.86. The van der Waals surface area contributed by atoms with Crippen LogP contribution in [0.15, 0.2) is 4.99 Å². The fraction of sp³-hybridized carbons (Fsp3) is 0.750. The van der Waals surface area contributed by atoms with Crippen LogP contribution in [0.2, 0.25) is 0 Å². The topological polar surface area (TPSA) is 43.1 Å². The first-order valence-corrected chi connectivity index (χ1v) is 6.31. The minimum atomic E-state index is 0.640. The average molecular weight is 218 g/mol. The summed E-state index contributed by atoms with van der Waals surface area (Å²) in [5.41, 5.74) is 1.04.